The SMILES string of the molecule is CCSc1nnc(NC(=O)c2cccn(Cc3ccc(C)cc3)c2=O)s1. The van der Waals surface area contributed by atoms with Crippen molar-refractivity contribution < 1.29 is 4.79 Å². The first-order valence-corrected chi connectivity index (χ1v) is 9.89. The number of rotatable bonds is 6. The number of carbonyl (C=O) groups excluding carboxylic acids is 1. The lowest BCUT2D eigenvalue weighted by molar-refractivity contribution is 0.102. The topological polar surface area (TPSA) is 76.9 Å². The van der Waals surface area contributed by atoms with Gasteiger partial charge in [-0.3, -0.25) is 14.9 Å². The summed E-state index contributed by atoms with van der Waals surface area (Å²) in [6, 6.07) is 11.2. The summed E-state index contributed by atoms with van der Waals surface area (Å²) in [5, 5.41) is 11.0. The third kappa shape index (κ3) is 4.39. The van der Waals surface area contributed by atoms with E-state index in [-0.39, 0.29) is 11.1 Å². The van der Waals surface area contributed by atoms with E-state index in [9.17, 15) is 9.59 Å². The van der Waals surface area contributed by atoms with Gasteiger partial charge in [-0.15, -0.1) is 10.2 Å². The molecular formula is C18H18N4O2S2. The van der Waals surface area contributed by atoms with E-state index in [0.29, 0.717) is 11.7 Å². The van der Waals surface area contributed by atoms with E-state index < -0.39 is 5.91 Å². The van der Waals surface area contributed by atoms with E-state index in [1.807, 2.05) is 38.1 Å². The fourth-order valence-electron chi connectivity index (χ4n) is 2.33. The highest BCUT2D eigenvalue weighted by atomic mass is 32.2. The Labute approximate surface area is 159 Å². The van der Waals surface area contributed by atoms with Gasteiger partial charge in [-0.2, -0.15) is 0 Å². The third-order valence-corrected chi connectivity index (χ3v) is 5.49. The molecule has 134 valence electrons. The fourth-order valence-corrected chi connectivity index (χ4v) is 3.97. The second kappa shape index (κ2) is 8.29. The zero-order valence-corrected chi connectivity index (χ0v) is 16.1. The summed E-state index contributed by atoms with van der Waals surface area (Å²) in [6.07, 6.45) is 1.68. The highest BCUT2D eigenvalue weighted by Gasteiger charge is 2.15. The van der Waals surface area contributed by atoms with E-state index in [2.05, 4.69) is 15.5 Å². The standard InChI is InChI=1S/C18H18N4O2S2/c1-3-25-18-21-20-17(26-18)19-15(23)14-5-4-10-22(16(14)24)11-13-8-6-12(2)7-9-13/h4-10H,3,11H2,1-2H3,(H,19,20,23). The first-order chi connectivity index (χ1) is 12.6. The highest BCUT2D eigenvalue weighted by Crippen LogP contribution is 2.25. The minimum atomic E-state index is -0.475. The number of benzene rings is 1. The molecule has 0 fully saturated rings. The predicted octanol–water partition coefficient (Wildman–Crippen LogP) is 3.42. The third-order valence-electron chi connectivity index (χ3n) is 3.63. The molecule has 6 nitrogen and oxygen atoms in total. The van der Waals surface area contributed by atoms with Crippen LogP contribution in [0.5, 0.6) is 0 Å². The molecule has 1 N–H and O–H groups in total. The summed E-state index contributed by atoms with van der Waals surface area (Å²) < 4.78 is 2.31. The van der Waals surface area contributed by atoms with Crippen LogP contribution in [-0.4, -0.2) is 26.4 Å². The van der Waals surface area contributed by atoms with Gasteiger partial charge in [0.25, 0.3) is 11.5 Å². The van der Waals surface area contributed by atoms with Crippen molar-refractivity contribution in [1.29, 1.82) is 0 Å². The maximum absolute atomic E-state index is 12.6. The average Bonchev–Trinajstić information content (AvgIpc) is 3.06. The number of anilines is 1. The Morgan fingerprint density at radius 1 is 1.23 bits per heavy atom. The van der Waals surface area contributed by atoms with Crippen molar-refractivity contribution in [3.63, 3.8) is 0 Å². The summed E-state index contributed by atoms with van der Waals surface area (Å²) in [6.45, 7) is 4.44. The zero-order valence-electron chi connectivity index (χ0n) is 14.4. The van der Waals surface area contributed by atoms with Gasteiger partial charge in [0.15, 0.2) is 4.34 Å². The Hall–Kier alpha value is -2.45. The monoisotopic (exact) mass is 386 g/mol. The number of nitrogens with one attached hydrogen (secondary N) is 1. The molecule has 26 heavy (non-hydrogen) atoms. The number of carbonyl (C=O) groups is 1. The summed E-state index contributed by atoms with van der Waals surface area (Å²) >= 11 is 2.85. The molecule has 0 saturated heterocycles. The highest BCUT2D eigenvalue weighted by molar-refractivity contribution is 8.01. The van der Waals surface area contributed by atoms with Gasteiger partial charge in [-0.25, -0.2) is 0 Å². The molecule has 1 aromatic carbocycles. The quantitative estimate of drug-likeness (QED) is 0.519. The maximum Gasteiger partial charge on any atom is 0.263 e. The second-order valence-corrected chi connectivity index (χ2v) is 8.09. The van der Waals surface area contributed by atoms with E-state index >= 15 is 0 Å². The first-order valence-electron chi connectivity index (χ1n) is 8.09. The number of thioether (sulfide) groups is 1. The normalized spacial score (nSPS) is 10.7. The van der Waals surface area contributed by atoms with Crippen LogP contribution < -0.4 is 10.9 Å². The number of pyridine rings is 1. The molecule has 0 bridgehead atoms. The van der Waals surface area contributed by atoms with Crippen molar-refractivity contribution >= 4 is 34.1 Å². The average molecular weight is 387 g/mol. The van der Waals surface area contributed by atoms with Gasteiger partial charge in [0.05, 0.1) is 6.54 Å². The molecule has 2 heterocycles. The molecular weight excluding hydrogens is 368 g/mol. The lowest BCUT2D eigenvalue weighted by atomic mass is 10.1. The molecule has 2 aromatic heterocycles. The van der Waals surface area contributed by atoms with E-state index in [4.69, 9.17) is 0 Å². The summed E-state index contributed by atoms with van der Waals surface area (Å²) in [4.78, 5) is 25.1. The Bertz CT molecular complexity index is 964. The lowest BCUT2D eigenvalue weighted by Crippen LogP contribution is -2.29. The molecule has 0 spiro atoms. The van der Waals surface area contributed by atoms with Crippen molar-refractivity contribution in [2.45, 2.75) is 24.7 Å². The first kappa shape index (κ1) is 18.3. The van der Waals surface area contributed by atoms with Crippen LogP contribution in [0.1, 0.15) is 28.4 Å². The lowest BCUT2D eigenvalue weighted by Gasteiger charge is -2.08. The van der Waals surface area contributed by atoms with Crippen LogP contribution in [0.4, 0.5) is 5.13 Å². The van der Waals surface area contributed by atoms with Gasteiger partial charge in [-0.1, -0.05) is 59.9 Å². The molecule has 1 amide bonds. The van der Waals surface area contributed by atoms with Gasteiger partial charge in [0.1, 0.15) is 5.56 Å². The molecule has 0 unspecified atom stereocenters. The van der Waals surface area contributed by atoms with Crippen LogP contribution in [0, 0.1) is 6.92 Å². The minimum absolute atomic E-state index is 0.0829. The van der Waals surface area contributed by atoms with E-state index in [1.54, 1.807) is 24.0 Å². The molecule has 0 atom stereocenters. The van der Waals surface area contributed by atoms with Gasteiger partial charge in [-0.05, 0) is 30.4 Å². The van der Waals surface area contributed by atoms with Crippen LogP contribution in [0.15, 0.2) is 51.7 Å². The van der Waals surface area contributed by atoms with Crippen LogP contribution in [0.2, 0.25) is 0 Å². The van der Waals surface area contributed by atoms with Crippen molar-refractivity contribution in [2.75, 3.05) is 11.1 Å². The van der Waals surface area contributed by atoms with Crippen LogP contribution in [0.3, 0.4) is 0 Å². The smallest absolute Gasteiger partial charge is 0.263 e. The molecule has 3 aromatic rings. The van der Waals surface area contributed by atoms with Crippen LogP contribution in [0.25, 0.3) is 0 Å². The molecule has 0 saturated carbocycles. The van der Waals surface area contributed by atoms with Crippen molar-refractivity contribution in [3.05, 3.63) is 69.6 Å². The molecule has 8 heteroatoms. The van der Waals surface area contributed by atoms with Crippen LogP contribution in [-0.2, 0) is 6.54 Å². The maximum atomic E-state index is 12.6. The summed E-state index contributed by atoms with van der Waals surface area (Å²) in [5.41, 5.74) is 1.91. The van der Waals surface area contributed by atoms with Gasteiger partial charge in [0.2, 0.25) is 5.13 Å². The van der Waals surface area contributed by atoms with E-state index in [0.717, 1.165) is 21.2 Å². The van der Waals surface area contributed by atoms with Gasteiger partial charge < -0.3 is 4.57 Å². The number of aryl methyl sites for hydroxylation is 1. The molecule has 0 aliphatic rings. The number of hydrogen-bond acceptors (Lipinski definition) is 6. The second-order valence-electron chi connectivity index (χ2n) is 5.60. The molecule has 0 radical (unpaired) electrons. The van der Waals surface area contributed by atoms with Gasteiger partial charge >= 0.3 is 0 Å². The summed E-state index contributed by atoms with van der Waals surface area (Å²) in [5.74, 6) is 0.405. The molecule has 3 rings (SSSR count). The largest absolute Gasteiger partial charge is 0.310 e. The molecule has 0 aliphatic heterocycles. The van der Waals surface area contributed by atoms with Crippen LogP contribution >= 0.6 is 23.1 Å². The number of aromatic nitrogens is 3. The van der Waals surface area contributed by atoms with E-state index in [1.165, 1.54) is 22.0 Å². The Balaban J connectivity index is 1.78. The minimum Gasteiger partial charge on any atom is -0.310 e. The summed E-state index contributed by atoms with van der Waals surface area (Å²) in [7, 11) is 0. The number of nitrogens with zero attached hydrogens (tertiary/aromatic N) is 3. The van der Waals surface area contributed by atoms with Crippen molar-refractivity contribution in [3.8, 4) is 0 Å². The Morgan fingerprint density at radius 2 is 2.00 bits per heavy atom. The Kier molecular flexibility index (Phi) is 5.85. The van der Waals surface area contributed by atoms with Crippen molar-refractivity contribution in [1.82, 2.24) is 14.8 Å². The number of amides is 1. The Morgan fingerprint density at radius 3 is 2.73 bits per heavy atom. The molecule has 0 aliphatic carbocycles. The predicted molar refractivity (Wildman–Crippen MR) is 105 cm³/mol. The fraction of sp³-hybridized carbons (Fsp3) is 0.222. The zero-order chi connectivity index (χ0) is 18.5. The van der Waals surface area contributed by atoms with Gasteiger partial charge in [0, 0.05) is 6.20 Å². The van der Waals surface area contributed by atoms with Crippen molar-refractivity contribution in [2.24, 2.45) is 0 Å². The number of hydrogen-bond donors (Lipinski definition) is 1.